The van der Waals surface area contributed by atoms with E-state index in [-0.39, 0.29) is 22.0 Å². The molecule has 0 bridgehead atoms. The average Bonchev–Trinajstić information content (AvgIpc) is 2.71. The number of halogens is 6. The molecule has 0 radical (unpaired) electrons. The molecule has 3 aromatic rings. The fraction of sp³-hybridized carbons (Fsp3) is 0.211. The summed E-state index contributed by atoms with van der Waals surface area (Å²) in [7, 11) is 1.10. The highest BCUT2D eigenvalue weighted by Gasteiger charge is 2.39. The fourth-order valence-electron chi connectivity index (χ4n) is 2.78. The molecule has 8 nitrogen and oxygen atoms in total. The molecule has 0 aliphatic carbocycles. The van der Waals surface area contributed by atoms with E-state index in [2.05, 4.69) is 10.1 Å². The summed E-state index contributed by atoms with van der Waals surface area (Å²) in [5.41, 5.74) is -5.17. The van der Waals surface area contributed by atoms with E-state index in [0.717, 1.165) is 25.2 Å². The molecular weight excluding hydrogens is 477 g/mol. The van der Waals surface area contributed by atoms with Crippen molar-refractivity contribution in [3.05, 3.63) is 78.8 Å². The highest BCUT2D eigenvalue weighted by molar-refractivity contribution is 6.30. The van der Waals surface area contributed by atoms with E-state index in [4.69, 9.17) is 21.6 Å². The Labute approximate surface area is 186 Å². The maximum Gasteiger partial charge on any atom is 0.437 e. The van der Waals surface area contributed by atoms with Gasteiger partial charge in [-0.1, -0.05) is 11.6 Å². The van der Waals surface area contributed by atoms with Crippen LogP contribution in [0.4, 0.5) is 22.0 Å². The van der Waals surface area contributed by atoms with Crippen LogP contribution in [0.2, 0.25) is 5.02 Å². The van der Waals surface area contributed by atoms with Gasteiger partial charge in [0.2, 0.25) is 5.75 Å². The topological polar surface area (TPSA) is 103 Å². The number of nitriles is 1. The predicted octanol–water partition coefficient (Wildman–Crippen LogP) is 3.66. The number of aromatic nitrogens is 4. The Balaban J connectivity index is 2.12. The molecular formula is C19H11ClF5N5O3. The third-order valence-electron chi connectivity index (χ3n) is 4.19. The first-order valence-electron chi connectivity index (χ1n) is 8.81. The summed E-state index contributed by atoms with van der Waals surface area (Å²) in [6.45, 7) is -0.590. The minimum Gasteiger partial charge on any atom is -0.449 e. The second-order valence-corrected chi connectivity index (χ2v) is 7.00. The van der Waals surface area contributed by atoms with Gasteiger partial charge in [-0.3, -0.25) is 14.2 Å². The van der Waals surface area contributed by atoms with Crippen LogP contribution in [-0.2, 0) is 19.8 Å². The quantitative estimate of drug-likeness (QED) is 0.509. The summed E-state index contributed by atoms with van der Waals surface area (Å²) in [4.78, 5) is 27.8. The molecule has 0 unspecified atom stereocenters. The molecule has 0 saturated heterocycles. The molecule has 14 heteroatoms. The van der Waals surface area contributed by atoms with Crippen molar-refractivity contribution in [2.45, 2.75) is 19.1 Å². The molecule has 0 amide bonds. The molecule has 33 heavy (non-hydrogen) atoms. The van der Waals surface area contributed by atoms with Crippen molar-refractivity contribution in [1.29, 1.82) is 5.26 Å². The molecule has 0 N–H and O–H groups in total. The number of rotatable bonds is 5. The average molecular weight is 488 g/mol. The summed E-state index contributed by atoms with van der Waals surface area (Å²) < 4.78 is 72.9. The number of benzene rings is 1. The van der Waals surface area contributed by atoms with E-state index in [1.54, 1.807) is 6.07 Å². The van der Waals surface area contributed by atoms with Gasteiger partial charge in [-0.05, 0) is 24.3 Å². The molecule has 0 fully saturated rings. The first-order valence-corrected chi connectivity index (χ1v) is 9.19. The Morgan fingerprint density at radius 2 is 1.88 bits per heavy atom. The number of alkyl halides is 5. The maximum atomic E-state index is 13.5. The lowest BCUT2D eigenvalue weighted by atomic mass is 10.2. The highest BCUT2D eigenvalue weighted by Crippen LogP contribution is 2.35. The van der Waals surface area contributed by atoms with Crippen molar-refractivity contribution >= 4 is 11.6 Å². The largest absolute Gasteiger partial charge is 0.449 e. The zero-order valence-electron chi connectivity index (χ0n) is 16.4. The van der Waals surface area contributed by atoms with Crippen LogP contribution in [0.25, 0.3) is 0 Å². The van der Waals surface area contributed by atoms with Crippen LogP contribution in [0, 0.1) is 11.3 Å². The number of nitrogens with zero attached hydrogens (tertiary/aromatic N) is 5. The molecule has 0 aliphatic heterocycles. The van der Waals surface area contributed by atoms with Gasteiger partial charge in [0.1, 0.15) is 5.75 Å². The molecule has 3 rings (SSSR count). The summed E-state index contributed by atoms with van der Waals surface area (Å²) in [6, 6.07) is 5.86. The monoisotopic (exact) mass is 487 g/mol. The number of hydrogen-bond donors (Lipinski definition) is 0. The van der Waals surface area contributed by atoms with Crippen molar-refractivity contribution in [2.75, 3.05) is 0 Å². The molecule has 0 atom stereocenters. The summed E-state index contributed by atoms with van der Waals surface area (Å²) in [5, 5.41) is 12.7. The van der Waals surface area contributed by atoms with Crippen molar-refractivity contribution in [2.24, 2.45) is 7.05 Å². The van der Waals surface area contributed by atoms with Crippen LogP contribution in [0.1, 0.15) is 28.9 Å². The van der Waals surface area contributed by atoms with Gasteiger partial charge in [0.05, 0.1) is 35.8 Å². The van der Waals surface area contributed by atoms with E-state index in [1.807, 2.05) is 0 Å². The molecule has 172 valence electrons. The number of ether oxygens (including phenoxy) is 1. The summed E-state index contributed by atoms with van der Waals surface area (Å²) in [5.74, 6) is -1.56. The van der Waals surface area contributed by atoms with Gasteiger partial charge in [-0.25, -0.2) is 18.4 Å². The second-order valence-electron chi connectivity index (χ2n) is 6.56. The van der Waals surface area contributed by atoms with Crippen molar-refractivity contribution in [1.82, 2.24) is 19.3 Å². The molecule has 2 heterocycles. The number of aryl methyl sites for hydroxylation is 1. The van der Waals surface area contributed by atoms with Crippen molar-refractivity contribution in [3.8, 4) is 17.6 Å². The number of hydrogen-bond acceptors (Lipinski definition) is 6. The Morgan fingerprint density at radius 1 is 1.18 bits per heavy atom. The van der Waals surface area contributed by atoms with Crippen LogP contribution >= 0.6 is 11.6 Å². The van der Waals surface area contributed by atoms with E-state index in [0.29, 0.717) is 15.6 Å². The van der Waals surface area contributed by atoms with Crippen LogP contribution in [0.15, 0.2) is 40.2 Å². The molecule has 0 aliphatic rings. The van der Waals surface area contributed by atoms with Gasteiger partial charge < -0.3 is 4.74 Å². The third kappa shape index (κ3) is 5.17. The lowest BCUT2D eigenvalue weighted by molar-refractivity contribution is -0.142. The first-order chi connectivity index (χ1) is 15.4. The zero-order valence-corrected chi connectivity index (χ0v) is 17.2. The predicted molar refractivity (Wildman–Crippen MR) is 103 cm³/mol. The molecule has 1 aromatic carbocycles. The normalized spacial score (nSPS) is 11.5. The Bertz CT molecular complexity index is 1380. The fourth-order valence-corrected chi connectivity index (χ4v) is 3.01. The lowest BCUT2D eigenvalue weighted by Gasteiger charge is -2.15. The van der Waals surface area contributed by atoms with Gasteiger partial charge in [0, 0.05) is 12.1 Å². The molecule has 0 spiro atoms. The molecule has 0 saturated carbocycles. The van der Waals surface area contributed by atoms with E-state index in [9.17, 15) is 31.5 Å². The van der Waals surface area contributed by atoms with Gasteiger partial charge >= 0.3 is 6.18 Å². The van der Waals surface area contributed by atoms with Crippen molar-refractivity contribution < 1.29 is 26.7 Å². The minimum absolute atomic E-state index is 0.0317. The Kier molecular flexibility index (Phi) is 6.50. The maximum absolute atomic E-state index is 13.5. The van der Waals surface area contributed by atoms with Crippen LogP contribution in [0.5, 0.6) is 11.5 Å². The minimum atomic E-state index is -5.08. The highest BCUT2D eigenvalue weighted by atomic mass is 35.5. The zero-order chi connectivity index (χ0) is 24.5. The molecule has 2 aromatic heterocycles. The Hall–Kier alpha value is -3.79. The Morgan fingerprint density at radius 3 is 2.48 bits per heavy atom. The van der Waals surface area contributed by atoms with Gasteiger partial charge in [-0.2, -0.15) is 23.5 Å². The van der Waals surface area contributed by atoms with Crippen LogP contribution < -0.4 is 15.9 Å². The second kappa shape index (κ2) is 8.99. The van der Waals surface area contributed by atoms with Gasteiger partial charge in [0.25, 0.3) is 17.5 Å². The van der Waals surface area contributed by atoms with Gasteiger partial charge in [-0.15, -0.1) is 0 Å². The van der Waals surface area contributed by atoms with Crippen molar-refractivity contribution in [3.63, 3.8) is 0 Å². The summed E-state index contributed by atoms with van der Waals surface area (Å²) in [6.07, 6.45) is -7.67. The van der Waals surface area contributed by atoms with Gasteiger partial charge in [0.15, 0.2) is 5.69 Å². The third-order valence-corrected chi connectivity index (χ3v) is 4.41. The first kappa shape index (κ1) is 23.9. The van der Waals surface area contributed by atoms with E-state index >= 15 is 0 Å². The standard InChI is InChI=1S/C19H11ClF5N5O3/c1-29-17(31)13(16(21)22)5-11(28-29)7-30-8-27-15(19(23,24)25)14(18(30)32)33-12-3-9(6-26)2-10(20)4-12/h2-5,8,16H,7H2,1H3. The lowest BCUT2D eigenvalue weighted by Crippen LogP contribution is -2.29. The smallest absolute Gasteiger partial charge is 0.437 e. The SMILES string of the molecule is Cn1nc(Cn2cnc(C(F)(F)F)c(Oc3cc(Cl)cc(C#N)c3)c2=O)cc(C(F)F)c1=O. The van der Waals surface area contributed by atoms with Crippen LogP contribution in [-0.4, -0.2) is 19.3 Å². The summed E-state index contributed by atoms with van der Waals surface area (Å²) >= 11 is 5.82. The van der Waals surface area contributed by atoms with E-state index in [1.165, 1.54) is 6.07 Å². The van der Waals surface area contributed by atoms with E-state index < -0.39 is 47.3 Å². The van der Waals surface area contributed by atoms with Crippen LogP contribution in [0.3, 0.4) is 0 Å².